The highest BCUT2D eigenvalue weighted by Gasteiger charge is 2.23. The number of nitrogens with one attached hydrogen (secondary N) is 1. The molecule has 1 amide bonds. The van der Waals surface area contributed by atoms with Gasteiger partial charge in [-0.1, -0.05) is 11.6 Å². The smallest absolute Gasteiger partial charge is 0.257 e. The van der Waals surface area contributed by atoms with Crippen LogP contribution in [-0.2, 0) is 0 Å². The van der Waals surface area contributed by atoms with Crippen molar-refractivity contribution < 1.29 is 14.6 Å². The van der Waals surface area contributed by atoms with Gasteiger partial charge in [-0.3, -0.25) is 14.5 Å². The standard InChI is InChI=1S/C21H23ClN4O3/c1-29-20-8-18-15(11-26(25-18)17-4-2-13(12-27)3-5-17)7-19(20)24-21(28)14-6-16(22)10-23-9-14/h6-11,13,17,27H,2-5,12H2,1H3,(H,24,28)/t13-,17-. The van der Waals surface area contributed by atoms with Gasteiger partial charge in [-0.05, 0) is 43.7 Å². The zero-order valence-electron chi connectivity index (χ0n) is 16.1. The van der Waals surface area contributed by atoms with E-state index in [9.17, 15) is 9.90 Å². The lowest BCUT2D eigenvalue weighted by Gasteiger charge is -2.27. The monoisotopic (exact) mass is 414 g/mol. The number of benzene rings is 1. The number of pyridine rings is 1. The van der Waals surface area contributed by atoms with Gasteiger partial charge < -0.3 is 15.2 Å². The highest BCUT2D eigenvalue weighted by Crippen LogP contribution is 2.35. The Balaban J connectivity index is 1.59. The van der Waals surface area contributed by atoms with Crippen molar-refractivity contribution in [3.05, 3.63) is 47.4 Å². The molecule has 2 aromatic heterocycles. The number of aliphatic hydroxyl groups excluding tert-OH is 1. The number of hydrogen-bond donors (Lipinski definition) is 2. The third-order valence-corrected chi connectivity index (χ3v) is 5.71. The van der Waals surface area contributed by atoms with Crippen molar-refractivity contribution in [1.82, 2.24) is 14.8 Å². The zero-order valence-corrected chi connectivity index (χ0v) is 16.9. The lowest BCUT2D eigenvalue weighted by Crippen LogP contribution is -2.20. The SMILES string of the molecule is COc1cc2nn([C@H]3CC[C@H](CO)CC3)cc2cc1NC(=O)c1cncc(Cl)c1. The van der Waals surface area contributed by atoms with Crippen molar-refractivity contribution in [2.24, 2.45) is 5.92 Å². The van der Waals surface area contributed by atoms with Gasteiger partial charge in [0.25, 0.3) is 5.91 Å². The molecular formula is C21H23ClN4O3. The van der Waals surface area contributed by atoms with E-state index in [1.807, 2.05) is 23.0 Å². The number of hydrogen-bond acceptors (Lipinski definition) is 5. The third kappa shape index (κ3) is 4.21. The summed E-state index contributed by atoms with van der Waals surface area (Å²) in [5, 5.41) is 18.3. The van der Waals surface area contributed by atoms with Gasteiger partial charge in [-0.25, -0.2) is 0 Å². The maximum atomic E-state index is 12.6. The van der Waals surface area contributed by atoms with E-state index >= 15 is 0 Å². The summed E-state index contributed by atoms with van der Waals surface area (Å²) in [6.07, 6.45) is 8.98. The molecule has 2 heterocycles. The maximum Gasteiger partial charge on any atom is 0.257 e. The van der Waals surface area contributed by atoms with Crippen molar-refractivity contribution in [2.75, 3.05) is 19.0 Å². The van der Waals surface area contributed by atoms with Gasteiger partial charge in [0.15, 0.2) is 0 Å². The van der Waals surface area contributed by atoms with Crippen molar-refractivity contribution in [3.8, 4) is 5.75 Å². The molecule has 1 fully saturated rings. The molecule has 1 aromatic carbocycles. The maximum absolute atomic E-state index is 12.6. The largest absolute Gasteiger partial charge is 0.494 e. The van der Waals surface area contributed by atoms with Crippen LogP contribution in [-0.4, -0.2) is 39.5 Å². The molecule has 1 saturated carbocycles. The van der Waals surface area contributed by atoms with E-state index < -0.39 is 0 Å². The van der Waals surface area contributed by atoms with Gasteiger partial charge in [0.05, 0.1) is 34.9 Å². The van der Waals surface area contributed by atoms with Crippen molar-refractivity contribution in [2.45, 2.75) is 31.7 Å². The number of aromatic nitrogens is 3. The molecule has 8 heteroatoms. The van der Waals surface area contributed by atoms with E-state index in [1.165, 1.54) is 12.4 Å². The molecule has 152 valence electrons. The number of rotatable bonds is 5. The van der Waals surface area contributed by atoms with Crippen LogP contribution in [0.1, 0.15) is 42.1 Å². The summed E-state index contributed by atoms with van der Waals surface area (Å²) >= 11 is 5.93. The second kappa shape index (κ2) is 8.39. The van der Waals surface area contributed by atoms with Crippen LogP contribution in [0.3, 0.4) is 0 Å². The first kappa shape index (κ1) is 19.7. The fraction of sp³-hybridized carbons (Fsp3) is 0.381. The number of amides is 1. The fourth-order valence-electron chi connectivity index (χ4n) is 3.85. The number of fused-ring (bicyclic) bond motifs is 1. The predicted molar refractivity (Wildman–Crippen MR) is 112 cm³/mol. The average Bonchev–Trinajstić information content (AvgIpc) is 3.16. The van der Waals surface area contributed by atoms with Gasteiger partial charge >= 0.3 is 0 Å². The first-order valence-corrected chi connectivity index (χ1v) is 10.0. The highest BCUT2D eigenvalue weighted by atomic mass is 35.5. The Morgan fingerprint density at radius 3 is 2.76 bits per heavy atom. The molecule has 0 spiro atoms. The molecule has 0 saturated heterocycles. The van der Waals surface area contributed by atoms with Crippen LogP contribution in [0.5, 0.6) is 5.75 Å². The van der Waals surface area contributed by atoms with Gasteiger partial charge in [-0.2, -0.15) is 5.10 Å². The Morgan fingerprint density at radius 1 is 1.28 bits per heavy atom. The number of carbonyl (C=O) groups excluding carboxylic acids is 1. The number of aliphatic hydroxyl groups is 1. The number of ether oxygens (including phenoxy) is 1. The Kier molecular flexibility index (Phi) is 5.69. The molecule has 2 N–H and O–H groups in total. The highest BCUT2D eigenvalue weighted by molar-refractivity contribution is 6.30. The van der Waals surface area contributed by atoms with Crippen LogP contribution < -0.4 is 10.1 Å². The van der Waals surface area contributed by atoms with Crippen LogP contribution in [0.2, 0.25) is 5.02 Å². The number of halogens is 1. The molecule has 0 unspecified atom stereocenters. The van der Waals surface area contributed by atoms with Crippen molar-refractivity contribution in [1.29, 1.82) is 0 Å². The summed E-state index contributed by atoms with van der Waals surface area (Å²) in [6.45, 7) is 0.260. The van der Waals surface area contributed by atoms with Gasteiger partial charge in [0, 0.05) is 36.7 Å². The Labute approximate surface area is 173 Å². The summed E-state index contributed by atoms with van der Waals surface area (Å²) in [6, 6.07) is 5.59. The number of anilines is 1. The van der Waals surface area contributed by atoms with Crippen LogP contribution in [0, 0.1) is 5.92 Å². The minimum Gasteiger partial charge on any atom is -0.494 e. The van der Waals surface area contributed by atoms with E-state index in [-0.39, 0.29) is 12.5 Å². The van der Waals surface area contributed by atoms with Gasteiger partial charge in [-0.15, -0.1) is 0 Å². The molecule has 0 aliphatic heterocycles. The lowest BCUT2D eigenvalue weighted by molar-refractivity contribution is 0.102. The molecule has 0 bridgehead atoms. The first-order valence-electron chi connectivity index (χ1n) is 9.67. The topological polar surface area (TPSA) is 89.3 Å². The molecule has 0 radical (unpaired) electrons. The summed E-state index contributed by atoms with van der Waals surface area (Å²) < 4.78 is 7.47. The molecule has 29 heavy (non-hydrogen) atoms. The quantitative estimate of drug-likeness (QED) is 0.656. The molecule has 7 nitrogen and oxygen atoms in total. The molecular weight excluding hydrogens is 392 g/mol. The summed E-state index contributed by atoms with van der Waals surface area (Å²) in [7, 11) is 1.56. The molecule has 4 rings (SSSR count). The molecule has 1 aliphatic carbocycles. The Hall–Kier alpha value is -2.64. The normalized spacial score (nSPS) is 19.3. The van der Waals surface area contributed by atoms with E-state index in [4.69, 9.17) is 21.4 Å². The Bertz CT molecular complexity index is 1030. The summed E-state index contributed by atoms with van der Waals surface area (Å²) in [5.41, 5.74) is 1.75. The minimum absolute atomic E-state index is 0.260. The molecule has 3 aromatic rings. The van der Waals surface area contributed by atoms with E-state index in [0.717, 1.165) is 36.6 Å². The van der Waals surface area contributed by atoms with Gasteiger partial charge in [0.1, 0.15) is 5.75 Å². The van der Waals surface area contributed by atoms with E-state index in [1.54, 1.807) is 13.2 Å². The van der Waals surface area contributed by atoms with Crippen LogP contribution in [0.25, 0.3) is 10.9 Å². The average molecular weight is 415 g/mol. The zero-order chi connectivity index (χ0) is 20.4. The van der Waals surface area contributed by atoms with Crippen LogP contribution >= 0.6 is 11.6 Å². The summed E-state index contributed by atoms with van der Waals surface area (Å²) in [5.74, 6) is 0.626. The second-order valence-electron chi connectivity index (χ2n) is 7.42. The Morgan fingerprint density at radius 2 is 2.07 bits per heavy atom. The molecule has 1 aliphatic rings. The third-order valence-electron chi connectivity index (χ3n) is 5.51. The fourth-order valence-corrected chi connectivity index (χ4v) is 4.02. The molecule has 0 atom stereocenters. The number of carbonyl (C=O) groups is 1. The number of methoxy groups -OCH3 is 1. The van der Waals surface area contributed by atoms with Crippen molar-refractivity contribution >= 4 is 34.1 Å². The van der Waals surface area contributed by atoms with Crippen LogP contribution in [0.15, 0.2) is 36.8 Å². The van der Waals surface area contributed by atoms with E-state index in [2.05, 4.69) is 10.3 Å². The minimum atomic E-state index is -0.313. The van der Waals surface area contributed by atoms with Crippen LogP contribution in [0.4, 0.5) is 5.69 Å². The van der Waals surface area contributed by atoms with E-state index in [0.29, 0.717) is 34.0 Å². The summed E-state index contributed by atoms with van der Waals surface area (Å²) in [4.78, 5) is 16.5. The predicted octanol–water partition coefficient (Wildman–Crippen LogP) is 4.07. The van der Waals surface area contributed by atoms with Gasteiger partial charge in [0.2, 0.25) is 0 Å². The lowest BCUT2D eigenvalue weighted by atomic mass is 9.87. The number of nitrogens with zero attached hydrogens (tertiary/aromatic N) is 3. The first-order chi connectivity index (χ1) is 14.1. The van der Waals surface area contributed by atoms with Crippen molar-refractivity contribution in [3.63, 3.8) is 0 Å². The second-order valence-corrected chi connectivity index (χ2v) is 7.86.